The van der Waals surface area contributed by atoms with E-state index in [0.29, 0.717) is 22.7 Å². The number of hydrogen-bond acceptors (Lipinski definition) is 1. The lowest BCUT2D eigenvalue weighted by molar-refractivity contribution is -0.127. The Morgan fingerprint density at radius 3 is 2.91 bits per heavy atom. The van der Waals surface area contributed by atoms with Gasteiger partial charge in [0.1, 0.15) is 0 Å². The number of fused-ring (bicyclic) bond motifs is 1. The summed E-state index contributed by atoms with van der Waals surface area (Å²) in [5.41, 5.74) is 0. The molecule has 2 fully saturated rings. The summed E-state index contributed by atoms with van der Waals surface area (Å²) in [6.07, 6.45) is 3.23. The molecule has 62 valence electrons. The molecule has 0 aromatic carbocycles. The van der Waals surface area contributed by atoms with Crippen LogP contribution in [0.1, 0.15) is 19.3 Å². The largest absolute Gasteiger partial charge is 0.341 e. The second-order valence-electron chi connectivity index (χ2n) is 3.55. The maximum absolute atomic E-state index is 11.2. The number of amides is 1. The smallest absolute Gasteiger partial charge is 0.222 e. The Hall–Kier alpha value is -0.0500. The Labute approximate surface area is 75.1 Å². The molecule has 0 aromatic heterocycles. The monoisotopic (exact) mass is 217 g/mol. The van der Waals surface area contributed by atoms with Crippen molar-refractivity contribution < 1.29 is 4.79 Å². The van der Waals surface area contributed by atoms with Crippen molar-refractivity contribution in [2.24, 2.45) is 5.92 Å². The van der Waals surface area contributed by atoms with Crippen molar-refractivity contribution in [3.05, 3.63) is 0 Å². The highest BCUT2D eigenvalue weighted by atomic mass is 79.9. The summed E-state index contributed by atoms with van der Waals surface area (Å²) in [4.78, 5) is 13.7. The van der Waals surface area contributed by atoms with E-state index in [2.05, 4.69) is 15.9 Å². The first-order valence-electron chi connectivity index (χ1n) is 4.10. The van der Waals surface area contributed by atoms with E-state index in [1.165, 1.54) is 12.8 Å². The van der Waals surface area contributed by atoms with Gasteiger partial charge in [-0.1, -0.05) is 15.9 Å². The zero-order valence-corrected chi connectivity index (χ0v) is 8.17. The van der Waals surface area contributed by atoms with E-state index >= 15 is 0 Å². The molecule has 2 nitrogen and oxygen atoms in total. The Balaban J connectivity index is 2.19. The van der Waals surface area contributed by atoms with Crippen molar-refractivity contribution in [3.63, 3.8) is 0 Å². The molecule has 0 radical (unpaired) electrons. The molecular formula is C8H12BrNO. The first-order chi connectivity index (χ1) is 5.20. The van der Waals surface area contributed by atoms with Crippen molar-refractivity contribution in [2.45, 2.75) is 30.1 Å². The Morgan fingerprint density at radius 1 is 1.55 bits per heavy atom. The van der Waals surface area contributed by atoms with Crippen molar-refractivity contribution in [1.29, 1.82) is 0 Å². The molecule has 2 rings (SSSR count). The molecule has 0 unspecified atom stereocenters. The lowest BCUT2D eigenvalue weighted by atomic mass is 10.0. The Bertz CT molecular complexity index is 195. The van der Waals surface area contributed by atoms with Crippen LogP contribution < -0.4 is 0 Å². The fourth-order valence-corrected chi connectivity index (χ4v) is 3.38. The van der Waals surface area contributed by atoms with E-state index in [1.807, 2.05) is 11.9 Å². The minimum absolute atomic E-state index is 0.323. The second-order valence-corrected chi connectivity index (χ2v) is 4.73. The molecule has 0 N–H and O–H groups in total. The van der Waals surface area contributed by atoms with E-state index in [9.17, 15) is 4.79 Å². The maximum atomic E-state index is 11.2. The number of carbonyl (C=O) groups is 1. The fraction of sp³-hybridized carbons (Fsp3) is 0.875. The molecule has 1 aliphatic heterocycles. The lowest BCUT2D eigenvalue weighted by Crippen LogP contribution is -2.34. The first-order valence-corrected chi connectivity index (χ1v) is 5.01. The second kappa shape index (κ2) is 2.47. The Morgan fingerprint density at radius 2 is 2.27 bits per heavy atom. The number of likely N-dealkylation sites (tertiary alicyclic amines) is 1. The van der Waals surface area contributed by atoms with Crippen molar-refractivity contribution in [3.8, 4) is 0 Å². The zero-order chi connectivity index (χ0) is 8.01. The van der Waals surface area contributed by atoms with Gasteiger partial charge >= 0.3 is 0 Å². The third kappa shape index (κ3) is 1.01. The van der Waals surface area contributed by atoms with E-state index in [0.717, 1.165) is 6.42 Å². The van der Waals surface area contributed by atoms with Gasteiger partial charge in [-0.25, -0.2) is 0 Å². The molecule has 2 aliphatic rings. The lowest BCUT2D eigenvalue weighted by Gasteiger charge is -2.21. The minimum Gasteiger partial charge on any atom is -0.341 e. The van der Waals surface area contributed by atoms with Gasteiger partial charge in [-0.05, 0) is 18.8 Å². The van der Waals surface area contributed by atoms with Crippen LogP contribution in [-0.4, -0.2) is 28.7 Å². The molecule has 1 saturated heterocycles. The van der Waals surface area contributed by atoms with E-state index in [4.69, 9.17) is 0 Å². The van der Waals surface area contributed by atoms with E-state index in [-0.39, 0.29) is 0 Å². The highest BCUT2D eigenvalue weighted by Gasteiger charge is 2.45. The number of hydrogen-bond donors (Lipinski definition) is 0. The number of halogens is 1. The molecule has 0 bridgehead atoms. The predicted octanol–water partition coefficient (Wildman–Crippen LogP) is 1.39. The zero-order valence-electron chi connectivity index (χ0n) is 6.59. The van der Waals surface area contributed by atoms with Crippen LogP contribution in [0.3, 0.4) is 0 Å². The van der Waals surface area contributed by atoms with Crippen LogP contribution in [0, 0.1) is 5.92 Å². The van der Waals surface area contributed by atoms with Crippen LogP contribution in [0.5, 0.6) is 0 Å². The molecule has 3 heteroatoms. The van der Waals surface area contributed by atoms with Crippen LogP contribution in [0.2, 0.25) is 0 Å². The highest BCUT2D eigenvalue weighted by molar-refractivity contribution is 9.09. The number of alkyl halides is 1. The fourth-order valence-electron chi connectivity index (χ4n) is 2.33. The van der Waals surface area contributed by atoms with Gasteiger partial charge in [0.25, 0.3) is 0 Å². The Kier molecular flexibility index (Phi) is 1.71. The normalized spacial score (nSPS) is 43.3. The summed E-state index contributed by atoms with van der Waals surface area (Å²) in [5.74, 6) is 0.959. The third-order valence-electron chi connectivity index (χ3n) is 2.94. The molecule has 1 aliphatic carbocycles. The van der Waals surface area contributed by atoms with E-state index in [1.54, 1.807) is 0 Å². The molecule has 0 spiro atoms. The van der Waals surface area contributed by atoms with Crippen LogP contribution >= 0.6 is 15.9 Å². The van der Waals surface area contributed by atoms with Gasteiger partial charge in [-0.3, -0.25) is 4.79 Å². The van der Waals surface area contributed by atoms with Crippen LogP contribution in [0.25, 0.3) is 0 Å². The first kappa shape index (κ1) is 7.59. The summed E-state index contributed by atoms with van der Waals surface area (Å²) in [5, 5.41) is 0. The summed E-state index contributed by atoms with van der Waals surface area (Å²) in [6, 6.07) is 0.488. The molecule has 1 heterocycles. The van der Waals surface area contributed by atoms with Crippen molar-refractivity contribution >= 4 is 21.8 Å². The van der Waals surface area contributed by atoms with Crippen LogP contribution in [0.15, 0.2) is 0 Å². The summed E-state index contributed by atoms with van der Waals surface area (Å²) >= 11 is 3.62. The molecule has 3 atom stereocenters. The van der Waals surface area contributed by atoms with Gasteiger partial charge in [-0.15, -0.1) is 0 Å². The predicted molar refractivity (Wildman–Crippen MR) is 46.6 cm³/mol. The molecular weight excluding hydrogens is 206 g/mol. The average Bonchev–Trinajstić information content (AvgIpc) is 2.41. The van der Waals surface area contributed by atoms with Gasteiger partial charge in [0.2, 0.25) is 5.91 Å². The molecule has 1 saturated carbocycles. The van der Waals surface area contributed by atoms with Gasteiger partial charge in [0.15, 0.2) is 0 Å². The molecule has 0 aromatic rings. The number of rotatable bonds is 0. The summed E-state index contributed by atoms with van der Waals surface area (Å²) in [6.45, 7) is 0. The van der Waals surface area contributed by atoms with Gasteiger partial charge in [-0.2, -0.15) is 0 Å². The third-order valence-corrected chi connectivity index (χ3v) is 3.94. The highest BCUT2D eigenvalue weighted by Crippen LogP contribution is 2.40. The maximum Gasteiger partial charge on any atom is 0.222 e. The molecule has 11 heavy (non-hydrogen) atoms. The minimum atomic E-state index is 0.323. The topological polar surface area (TPSA) is 20.3 Å². The van der Waals surface area contributed by atoms with Gasteiger partial charge in [0.05, 0.1) is 0 Å². The van der Waals surface area contributed by atoms with Crippen molar-refractivity contribution in [1.82, 2.24) is 4.90 Å². The number of carbonyl (C=O) groups excluding carboxylic acids is 1. The van der Waals surface area contributed by atoms with Gasteiger partial charge in [0, 0.05) is 24.3 Å². The van der Waals surface area contributed by atoms with Gasteiger partial charge < -0.3 is 4.90 Å². The SMILES string of the molecule is CN1C(=O)C[C@@H]2CC[C@@H](Br)[C@@H]21. The standard InChI is InChI=1S/C8H12BrNO/c1-10-7(11)4-5-2-3-6(9)8(5)10/h5-6,8H,2-4H2,1H3/t5-,6+,8+/m0/s1. The van der Waals surface area contributed by atoms with Crippen LogP contribution in [0.4, 0.5) is 0 Å². The average molecular weight is 218 g/mol. The van der Waals surface area contributed by atoms with Crippen LogP contribution in [-0.2, 0) is 4.79 Å². The summed E-state index contributed by atoms with van der Waals surface area (Å²) < 4.78 is 0. The van der Waals surface area contributed by atoms with E-state index < -0.39 is 0 Å². The molecule has 1 amide bonds. The number of nitrogens with zero attached hydrogens (tertiary/aromatic N) is 1. The van der Waals surface area contributed by atoms with Crippen molar-refractivity contribution in [2.75, 3.05) is 7.05 Å². The summed E-state index contributed by atoms with van der Waals surface area (Å²) in [7, 11) is 1.92. The quantitative estimate of drug-likeness (QED) is 0.562.